The van der Waals surface area contributed by atoms with Gasteiger partial charge in [0.25, 0.3) is 0 Å². The van der Waals surface area contributed by atoms with E-state index < -0.39 is 0 Å². The molecule has 0 heterocycles. The fourth-order valence-corrected chi connectivity index (χ4v) is 2.05. The molecule has 2 heteroatoms. The molecule has 0 fully saturated rings. The van der Waals surface area contributed by atoms with E-state index in [2.05, 4.69) is 50.4 Å². The van der Waals surface area contributed by atoms with Crippen LogP contribution in [0.25, 0.3) is 0 Å². The van der Waals surface area contributed by atoms with Crippen molar-refractivity contribution in [1.82, 2.24) is 0 Å². The molecule has 0 aromatic heterocycles. The molecule has 0 saturated heterocycles. The maximum atomic E-state index is 5.91. The Morgan fingerprint density at radius 3 is 2.32 bits per heavy atom. The summed E-state index contributed by atoms with van der Waals surface area (Å²) in [6.45, 7) is 7.79. The van der Waals surface area contributed by atoms with Crippen LogP contribution in [0, 0.1) is 20.8 Å². The predicted octanol–water partition coefficient (Wildman–Crippen LogP) is 4.10. The summed E-state index contributed by atoms with van der Waals surface area (Å²) < 4.78 is 5.91. The largest absolute Gasteiger partial charge is 0.491 e. The molecule has 2 nitrogen and oxygen atoms in total. The molecule has 0 aliphatic heterocycles. The summed E-state index contributed by atoms with van der Waals surface area (Å²) in [6, 6.07) is 14.4. The summed E-state index contributed by atoms with van der Waals surface area (Å²) in [4.78, 5) is 0. The first-order chi connectivity index (χ1) is 9.18. The summed E-state index contributed by atoms with van der Waals surface area (Å²) in [5.41, 5.74) is 4.84. The van der Waals surface area contributed by atoms with Crippen LogP contribution in [-0.2, 0) is 0 Å². The molecular formula is C17H21NO. The predicted molar refractivity (Wildman–Crippen MR) is 81.1 cm³/mol. The lowest BCUT2D eigenvalue weighted by Crippen LogP contribution is -2.12. The van der Waals surface area contributed by atoms with Crippen molar-refractivity contribution < 1.29 is 4.74 Å². The Morgan fingerprint density at radius 1 is 0.895 bits per heavy atom. The van der Waals surface area contributed by atoms with Crippen LogP contribution in [-0.4, -0.2) is 13.2 Å². The summed E-state index contributed by atoms with van der Waals surface area (Å²) in [6.07, 6.45) is 0. The van der Waals surface area contributed by atoms with Crippen molar-refractivity contribution >= 4 is 5.69 Å². The van der Waals surface area contributed by atoms with Crippen molar-refractivity contribution in [2.75, 3.05) is 18.5 Å². The van der Waals surface area contributed by atoms with E-state index in [1.807, 2.05) is 18.2 Å². The monoisotopic (exact) mass is 255 g/mol. The topological polar surface area (TPSA) is 21.3 Å². The lowest BCUT2D eigenvalue weighted by molar-refractivity contribution is 0.328. The zero-order valence-electron chi connectivity index (χ0n) is 11.9. The normalized spacial score (nSPS) is 10.3. The Hall–Kier alpha value is -1.96. The number of hydrogen-bond donors (Lipinski definition) is 1. The maximum Gasteiger partial charge on any atom is 0.125 e. The first-order valence-electron chi connectivity index (χ1n) is 6.67. The Kier molecular flexibility index (Phi) is 4.45. The fraction of sp³-hybridized carbons (Fsp3) is 0.294. The standard InChI is InChI=1S/C17H21NO/c1-13-9-10-14(2)17(15(13)3)19-12-11-18-16-7-5-4-6-8-16/h4-10,18H,11-12H2,1-3H3. The van der Waals surface area contributed by atoms with Crippen LogP contribution >= 0.6 is 0 Å². The molecule has 19 heavy (non-hydrogen) atoms. The van der Waals surface area contributed by atoms with Gasteiger partial charge in [-0.25, -0.2) is 0 Å². The molecule has 100 valence electrons. The van der Waals surface area contributed by atoms with Crippen LogP contribution in [0.15, 0.2) is 42.5 Å². The minimum atomic E-state index is 0.667. The molecule has 0 saturated carbocycles. The van der Waals surface area contributed by atoms with Gasteiger partial charge < -0.3 is 10.1 Å². The van der Waals surface area contributed by atoms with Gasteiger partial charge in [0, 0.05) is 12.2 Å². The van der Waals surface area contributed by atoms with E-state index in [1.54, 1.807) is 0 Å². The molecule has 0 aliphatic rings. The Labute approximate surface area is 115 Å². The molecule has 1 N–H and O–H groups in total. The molecule has 0 spiro atoms. The van der Waals surface area contributed by atoms with Gasteiger partial charge in [0.15, 0.2) is 0 Å². The lowest BCUT2D eigenvalue weighted by atomic mass is 10.1. The molecule has 2 aromatic carbocycles. The van der Waals surface area contributed by atoms with Gasteiger partial charge in [-0.15, -0.1) is 0 Å². The van der Waals surface area contributed by atoms with E-state index in [0.717, 1.165) is 18.0 Å². The maximum absolute atomic E-state index is 5.91. The molecule has 0 radical (unpaired) electrons. The van der Waals surface area contributed by atoms with Crippen LogP contribution < -0.4 is 10.1 Å². The molecule has 0 atom stereocenters. The first kappa shape index (κ1) is 13.5. The van der Waals surface area contributed by atoms with Gasteiger partial charge in [0.05, 0.1) is 0 Å². The van der Waals surface area contributed by atoms with Crippen LogP contribution in [0.3, 0.4) is 0 Å². The highest BCUT2D eigenvalue weighted by atomic mass is 16.5. The van der Waals surface area contributed by atoms with Crippen LogP contribution in [0.4, 0.5) is 5.69 Å². The van der Waals surface area contributed by atoms with Gasteiger partial charge in [-0.3, -0.25) is 0 Å². The van der Waals surface area contributed by atoms with Gasteiger partial charge in [-0.05, 0) is 49.6 Å². The molecule has 0 amide bonds. The van der Waals surface area contributed by atoms with Gasteiger partial charge >= 0.3 is 0 Å². The Balaban J connectivity index is 1.88. The average molecular weight is 255 g/mol. The lowest BCUT2D eigenvalue weighted by Gasteiger charge is -2.14. The highest BCUT2D eigenvalue weighted by Crippen LogP contribution is 2.25. The zero-order chi connectivity index (χ0) is 13.7. The first-order valence-corrected chi connectivity index (χ1v) is 6.67. The summed E-state index contributed by atoms with van der Waals surface area (Å²) in [7, 11) is 0. The van der Waals surface area contributed by atoms with Crippen molar-refractivity contribution in [1.29, 1.82) is 0 Å². The number of rotatable bonds is 5. The zero-order valence-corrected chi connectivity index (χ0v) is 11.9. The number of ether oxygens (including phenoxy) is 1. The fourth-order valence-electron chi connectivity index (χ4n) is 2.05. The third-order valence-corrected chi connectivity index (χ3v) is 3.32. The van der Waals surface area contributed by atoms with Gasteiger partial charge in [-0.2, -0.15) is 0 Å². The number of benzene rings is 2. The van der Waals surface area contributed by atoms with Gasteiger partial charge in [0.1, 0.15) is 12.4 Å². The van der Waals surface area contributed by atoms with E-state index in [-0.39, 0.29) is 0 Å². The summed E-state index contributed by atoms with van der Waals surface area (Å²) in [5.74, 6) is 1.02. The summed E-state index contributed by atoms with van der Waals surface area (Å²) >= 11 is 0. The number of nitrogens with one attached hydrogen (secondary N) is 1. The molecule has 2 aromatic rings. The molecule has 0 aliphatic carbocycles. The number of hydrogen-bond acceptors (Lipinski definition) is 2. The van der Waals surface area contributed by atoms with Gasteiger partial charge in [0.2, 0.25) is 0 Å². The second-order valence-electron chi connectivity index (χ2n) is 4.79. The molecule has 2 rings (SSSR count). The van der Waals surface area contributed by atoms with Crippen molar-refractivity contribution in [3.8, 4) is 5.75 Å². The number of para-hydroxylation sites is 1. The van der Waals surface area contributed by atoms with Crippen molar-refractivity contribution in [2.45, 2.75) is 20.8 Å². The second kappa shape index (κ2) is 6.28. The van der Waals surface area contributed by atoms with Crippen molar-refractivity contribution in [2.24, 2.45) is 0 Å². The second-order valence-corrected chi connectivity index (χ2v) is 4.79. The smallest absolute Gasteiger partial charge is 0.125 e. The average Bonchev–Trinajstić information content (AvgIpc) is 2.43. The minimum Gasteiger partial charge on any atom is -0.491 e. The van der Waals surface area contributed by atoms with Crippen LogP contribution in [0.5, 0.6) is 5.75 Å². The quantitative estimate of drug-likeness (QED) is 0.812. The van der Waals surface area contributed by atoms with Crippen molar-refractivity contribution in [3.05, 3.63) is 59.2 Å². The minimum absolute atomic E-state index is 0.667. The highest BCUT2D eigenvalue weighted by molar-refractivity contribution is 5.45. The Morgan fingerprint density at radius 2 is 1.58 bits per heavy atom. The number of anilines is 1. The van der Waals surface area contributed by atoms with E-state index in [0.29, 0.717) is 6.61 Å². The third-order valence-electron chi connectivity index (χ3n) is 3.32. The SMILES string of the molecule is Cc1ccc(C)c(OCCNc2ccccc2)c1C. The molecular weight excluding hydrogens is 234 g/mol. The molecule has 0 bridgehead atoms. The Bertz CT molecular complexity index is 534. The van der Waals surface area contributed by atoms with Crippen molar-refractivity contribution in [3.63, 3.8) is 0 Å². The molecule has 0 unspecified atom stereocenters. The van der Waals surface area contributed by atoms with E-state index >= 15 is 0 Å². The van der Waals surface area contributed by atoms with Gasteiger partial charge in [-0.1, -0.05) is 30.3 Å². The van der Waals surface area contributed by atoms with E-state index in [9.17, 15) is 0 Å². The summed E-state index contributed by atoms with van der Waals surface area (Å²) in [5, 5.41) is 3.34. The number of aryl methyl sites for hydroxylation is 2. The van der Waals surface area contributed by atoms with Crippen LogP contribution in [0.1, 0.15) is 16.7 Å². The van der Waals surface area contributed by atoms with E-state index in [4.69, 9.17) is 4.74 Å². The third kappa shape index (κ3) is 3.50. The highest BCUT2D eigenvalue weighted by Gasteiger charge is 2.05. The van der Waals surface area contributed by atoms with E-state index in [1.165, 1.54) is 16.7 Å². The van der Waals surface area contributed by atoms with Crippen LogP contribution in [0.2, 0.25) is 0 Å².